The predicted molar refractivity (Wildman–Crippen MR) is 114 cm³/mol. The molecule has 2 aromatic carbocycles. The standard InChI is InChI=1S/C23H28N2O4/c1-3-11-29-21-10-9-16(12-22(21)28-4-2)14-24-20(23(26)27)13-17-15-25-19-8-6-5-7-18(17)19/h5-10,12,15,20,24-25H,3-4,11,13-14H2,1-2H3,(H,26,27)/t20-/m0/s1. The van der Waals surface area contributed by atoms with Gasteiger partial charge in [-0.2, -0.15) is 0 Å². The fourth-order valence-electron chi connectivity index (χ4n) is 3.27. The average Bonchev–Trinajstić information content (AvgIpc) is 3.13. The van der Waals surface area contributed by atoms with Crippen LogP contribution in [0.25, 0.3) is 10.9 Å². The number of para-hydroxylation sites is 1. The third kappa shape index (κ3) is 5.29. The highest BCUT2D eigenvalue weighted by Crippen LogP contribution is 2.29. The average molecular weight is 396 g/mol. The monoisotopic (exact) mass is 396 g/mol. The van der Waals surface area contributed by atoms with Crippen LogP contribution in [-0.4, -0.2) is 35.3 Å². The summed E-state index contributed by atoms with van der Waals surface area (Å²) in [5, 5.41) is 13.9. The van der Waals surface area contributed by atoms with Gasteiger partial charge in [0.2, 0.25) is 0 Å². The van der Waals surface area contributed by atoms with Crippen LogP contribution in [0.4, 0.5) is 0 Å². The number of hydrogen-bond acceptors (Lipinski definition) is 4. The Balaban J connectivity index is 1.70. The molecule has 0 aliphatic carbocycles. The molecule has 6 nitrogen and oxygen atoms in total. The van der Waals surface area contributed by atoms with E-state index in [1.807, 2.05) is 55.6 Å². The van der Waals surface area contributed by atoms with Crippen molar-refractivity contribution in [3.05, 3.63) is 59.8 Å². The van der Waals surface area contributed by atoms with Crippen LogP contribution >= 0.6 is 0 Å². The van der Waals surface area contributed by atoms with Gasteiger partial charge in [0.1, 0.15) is 6.04 Å². The molecule has 6 heteroatoms. The smallest absolute Gasteiger partial charge is 0.321 e. The number of fused-ring (bicyclic) bond motifs is 1. The summed E-state index contributed by atoms with van der Waals surface area (Å²) in [4.78, 5) is 15.0. The summed E-state index contributed by atoms with van der Waals surface area (Å²) in [5.41, 5.74) is 2.94. The highest BCUT2D eigenvalue weighted by Gasteiger charge is 2.19. The number of carboxylic acid groups (broad SMARTS) is 1. The normalized spacial score (nSPS) is 12.1. The summed E-state index contributed by atoms with van der Waals surface area (Å²) >= 11 is 0. The lowest BCUT2D eigenvalue weighted by molar-refractivity contribution is -0.139. The van der Waals surface area contributed by atoms with Crippen LogP contribution in [0.5, 0.6) is 11.5 Å². The molecular weight excluding hydrogens is 368 g/mol. The number of H-pyrrole nitrogens is 1. The second-order valence-corrected chi connectivity index (χ2v) is 6.90. The Bertz CT molecular complexity index is 951. The Morgan fingerprint density at radius 3 is 2.72 bits per heavy atom. The molecule has 1 aromatic heterocycles. The quantitative estimate of drug-likeness (QED) is 0.454. The molecule has 0 fully saturated rings. The van der Waals surface area contributed by atoms with Gasteiger partial charge in [-0.15, -0.1) is 0 Å². The molecule has 0 amide bonds. The lowest BCUT2D eigenvalue weighted by Crippen LogP contribution is -2.38. The molecule has 0 unspecified atom stereocenters. The van der Waals surface area contributed by atoms with Gasteiger partial charge >= 0.3 is 5.97 Å². The third-order valence-corrected chi connectivity index (χ3v) is 4.72. The molecule has 0 bridgehead atoms. The zero-order chi connectivity index (χ0) is 20.6. The largest absolute Gasteiger partial charge is 0.490 e. The summed E-state index contributed by atoms with van der Waals surface area (Å²) in [7, 11) is 0. The summed E-state index contributed by atoms with van der Waals surface area (Å²) in [5.74, 6) is 0.526. The van der Waals surface area contributed by atoms with Gasteiger partial charge in [0.05, 0.1) is 13.2 Å². The zero-order valence-electron chi connectivity index (χ0n) is 16.9. The molecule has 154 valence electrons. The molecule has 3 N–H and O–H groups in total. The topological polar surface area (TPSA) is 83.6 Å². The number of carbonyl (C=O) groups is 1. The molecule has 0 saturated carbocycles. The molecule has 0 radical (unpaired) electrons. The molecule has 3 aromatic rings. The number of aromatic amines is 1. The second kappa shape index (κ2) is 9.98. The first-order chi connectivity index (χ1) is 14.1. The van der Waals surface area contributed by atoms with Crippen LogP contribution in [0.2, 0.25) is 0 Å². The third-order valence-electron chi connectivity index (χ3n) is 4.72. The van der Waals surface area contributed by atoms with Crippen LogP contribution < -0.4 is 14.8 Å². The second-order valence-electron chi connectivity index (χ2n) is 6.90. The van der Waals surface area contributed by atoms with E-state index in [4.69, 9.17) is 9.47 Å². The van der Waals surface area contributed by atoms with Gasteiger partial charge in [0.15, 0.2) is 11.5 Å². The van der Waals surface area contributed by atoms with E-state index in [9.17, 15) is 9.90 Å². The maximum absolute atomic E-state index is 11.8. The first-order valence-electron chi connectivity index (χ1n) is 10.0. The van der Waals surface area contributed by atoms with Gasteiger partial charge in [-0.05, 0) is 42.7 Å². The Morgan fingerprint density at radius 1 is 1.14 bits per heavy atom. The van der Waals surface area contributed by atoms with E-state index in [1.54, 1.807) is 0 Å². The van der Waals surface area contributed by atoms with E-state index in [0.29, 0.717) is 37.7 Å². The van der Waals surface area contributed by atoms with E-state index < -0.39 is 12.0 Å². The Labute approximate surface area is 170 Å². The fraction of sp³-hybridized carbons (Fsp3) is 0.348. The molecule has 1 atom stereocenters. The maximum Gasteiger partial charge on any atom is 0.321 e. The molecule has 1 heterocycles. The van der Waals surface area contributed by atoms with Crippen molar-refractivity contribution in [3.8, 4) is 11.5 Å². The number of rotatable bonds is 11. The maximum atomic E-state index is 11.8. The molecule has 29 heavy (non-hydrogen) atoms. The molecular formula is C23H28N2O4. The SMILES string of the molecule is CCCOc1ccc(CN[C@@H](Cc2c[nH]c3ccccc23)C(=O)O)cc1OCC. The van der Waals surface area contributed by atoms with Crippen molar-refractivity contribution in [2.45, 2.75) is 39.3 Å². The number of ether oxygens (including phenoxy) is 2. The number of aliphatic carboxylic acids is 1. The van der Waals surface area contributed by atoms with Crippen molar-refractivity contribution in [2.24, 2.45) is 0 Å². The minimum Gasteiger partial charge on any atom is -0.490 e. The zero-order valence-corrected chi connectivity index (χ0v) is 16.9. The van der Waals surface area contributed by atoms with Crippen molar-refractivity contribution in [2.75, 3.05) is 13.2 Å². The molecule has 3 rings (SSSR count). The van der Waals surface area contributed by atoms with E-state index in [2.05, 4.69) is 17.2 Å². The molecule has 0 aliphatic rings. The summed E-state index contributed by atoms with van der Waals surface area (Å²) < 4.78 is 11.4. The van der Waals surface area contributed by atoms with Crippen molar-refractivity contribution in [1.29, 1.82) is 0 Å². The van der Waals surface area contributed by atoms with Crippen molar-refractivity contribution in [1.82, 2.24) is 10.3 Å². The Kier molecular flexibility index (Phi) is 7.14. The Hall–Kier alpha value is -2.99. The van der Waals surface area contributed by atoms with E-state index in [0.717, 1.165) is 28.5 Å². The van der Waals surface area contributed by atoms with Crippen molar-refractivity contribution < 1.29 is 19.4 Å². The first kappa shape index (κ1) is 20.7. The van der Waals surface area contributed by atoms with Crippen LogP contribution in [0.15, 0.2) is 48.7 Å². The number of carboxylic acids is 1. The summed E-state index contributed by atoms with van der Waals surface area (Å²) in [6.07, 6.45) is 3.20. The number of nitrogens with one attached hydrogen (secondary N) is 2. The van der Waals surface area contributed by atoms with E-state index >= 15 is 0 Å². The lowest BCUT2D eigenvalue weighted by Gasteiger charge is -2.16. The fourth-order valence-corrected chi connectivity index (χ4v) is 3.27. The highest BCUT2D eigenvalue weighted by molar-refractivity contribution is 5.84. The van der Waals surface area contributed by atoms with Crippen LogP contribution in [0.1, 0.15) is 31.4 Å². The highest BCUT2D eigenvalue weighted by atomic mass is 16.5. The van der Waals surface area contributed by atoms with Gasteiger partial charge in [0, 0.05) is 30.1 Å². The van der Waals surface area contributed by atoms with E-state index in [-0.39, 0.29) is 0 Å². The van der Waals surface area contributed by atoms with Crippen LogP contribution in [-0.2, 0) is 17.8 Å². The van der Waals surface area contributed by atoms with E-state index in [1.165, 1.54) is 0 Å². The predicted octanol–water partition coefficient (Wildman–Crippen LogP) is 4.14. The molecule has 0 spiro atoms. The van der Waals surface area contributed by atoms with Gasteiger partial charge < -0.3 is 24.9 Å². The summed E-state index contributed by atoms with van der Waals surface area (Å²) in [6.45, 7) is 5.57. The van der Waals surface area contributed by atoms with Gasteiger partial charge in [0.25, 0.3) is 0 Å². The minimum absolute atomic E-state index is 0.398. The van der Waals surface area contributed by atoms with Crippen molar-refractivity contribution >= 4 is 16.9 Å². The summed E-state index contributed by atoms with van der Waals surface area (Å²) in [6, 6.07) is 12.9. The number of benzene rings is 2. The van der Waals surface area contributed by atoms with Crippen molar-refractivity contribution in [3.63, 3.8) is 0 Å². The van der Waals surface area contributed by atoms with Gasteiger partial charge in [-0.3, -0.25) is 4.79 Å². The van der Waals surface area contributed by atoms with Crippen LogP contribution in [0.3, 0.4) is 0 Å². The van der Waals surface area contributed by atoms with Gasteiger partial charge in [-0.25, -0.2) is 0 Å². The molecule has 0 aliphatic heterocycles. The number of hydrogen-bond donors (Lipinski definition) is 3. The first-order valence-corrected chi connectivity index (χ1v) is 10.0. The molecule has 0 saturated heterocycles. The Morgan fingerprint density at radius 2 is 1.97 bits per heavy atom. The van der Waals surface area contributed by atoms with Crippen LogP contribution in [0, 0.1) is 0 Å². The lowest BCUT2D eigenvalue weighted by atomic mass is 10.0. The minimum atomic E-state index is -0.872. The number of aromatic nitrogens is 1. The van der Waals surface area contributed by atoms with Gasteiger partial charge in [-0.1, -0.05) is 31.2 Å².